The average Bonchev–Trinajstić information content (AvgIpc) is 3.29. The van der Waals surface area contributed by atoms with Gasteiger partial charge in [-0.05, 0) is 45.0 Å². The van der Waals surface area contributed by atoms with Crippen LogP contribution < -0.4 is 4.90 Å². The van der Waals surface area contributed by atoms with E-state index in [2.05, 4.69) is 54.9 Å². The predicted octanol–water partition coefficient (Wildman–Crippen LogP) is 2.50. The third-order valence-corrected chi connectivity index (χ3v) is 5.05. The van der Waals surface area contributed by atoms with Gasteiger partial charge in [-0.2, -0.15) is 0 Å². The number of morpholine rings is 1. The van der Waals surface area contributed by atoms with Crippen LogP contribution in [0.15, 0.2) is 18.3 Å². The number of pyridine rings is 1. The summed E-state index contributed by atoms with van der Waals surface area (Å²) in [6.45, 7) is 7.11. The molecule has 2 fully saturated rings. The van der Waals surface area contributed by atoms with Crippen molar-refractivity contribution >= 4 is 5.69 Å². The Labute approximate surface area is 128 Å². The van der Waals surface area contributed by atoms with Crippen LogP contribution in [0.1, 0.15) is 38.3 Å². The van der Waals surface area contributed by atoms with Gasteiger partial charge in [-0.3, -0.25) is 4.98 Å². The molecule has 1 aromatic heterocycles. The van der Waals surface area contributed by atoms with Crippen LogP contribution in [0.4, 0.5) is 5.69 Å². The first-order valence-electron chi connectivity index (χ1n) is 8.03. The highest BCUT2D eigenvalue weighted by atomic mass is 16.5. The van der Waals surface area contributed by atoms with E-state index in [1.165, 1.54) is 18.5 Å². The maximum Gasteiger partial charge on any atom is 0.0933 e. The minimum Gasteiger partial charge on any atom is -0.373 e. The molecule has 0 unspecified atom stereocenters. The summed E-state index contributed by atoms with van der Waals surface area (Å²) in [7, 11) is 4.35. The Kier molecular flexibility index (Phi) is 3.93. The minimum atomic E-state index is 0.268. The molecule has 0 aromatic carbocycles. The lowest BCUT2D eigenvalue weighted by molar-refractivity contribution is -0.0215. The Morgan fingerprint density at radius 2 is 2.10 bits per heavy atom. The summed E-state index contributed by atoms with van der Waals surface area (Å²) in [6, 6.07) is 4.36. The lowest BCUT2D eigenvalue weighted by Gasteiger charge is -2.40. The van der Waals surface area contributed by atoms with Gasteiger partial charge in [-0.15, -0.1) is 0 Å². The van der Waals surface area contributed by atoms with E-state index in [1.807, 2.05) is 6.20 Å². The third-order valence-electron chi connectivity index (χ3n) is 5.05. The molecule has 116 valence electrons. The van der Waals surface area contributed by atoms with Crippen molar-refractivity contribution in [2.75, 3.05) is 38.7 Å². The molecule has 2 heterocycles. The van der Waals surface area contributed by atoms with E-state index in [4.69, 9.17) is 4.74 Å². The second kappa shape index (κ2) is 5.58. The molecule has 0 N–H and O–H groups in total. The number of hydrogen-bond donors (Lipinski definition) is 0. The van der Waals surface area contributed by atoms with Gasteiger partial charge in [0.25, 0.3) is 0 Å². The summed E-state index contributed by atoms with van der Waals surface area (Å²) in [5.74, 6) is 0.486. The third kappa shape index (κ3) is 2.79. The van der Waals surface area contributed by atoms with Gasteiger partial charge < -0.3 is 14.5 Å². The molecule has 4 heteroatoms. The molecule has 0 amide bonds. The van der Waals surface area contributed by atoms with Crippen molar-refractivity contribution in [1.82, 2.24) is 9.88 Å². The van der Waals surface area contributed by atoms with Crippen molar-refractivity contribution in [1.29, 1.82) is 0 Å². The van der Waals surface area contributed by atoms with Crippen molar-refractivity contribution in [3.63, 3.8) is 0 Å². The number of likely N-dealkylation sites (N-methyl/N-ethyl adjacent to an activating group) is 1. The number of nitrogens with zero attached hydrogens (tertiary/aromatic N) is 3. The first-order chi connectivity index (χ1) is 10.0. The highest BCUT2D eigenvalue weighted by molar-refractivity contribution is 5.45. The molecule has 1 aromatic rings. The molecule has 1 atom stereocenters. The van der Waals surface area contributed by atoms with Gasteiger partial charge in [0.05, 0.1) is 24.6 Å². The summed E-state index contributed by atoms with van der Waals surface area (Å²) >= 11 is 0. The van der Waals surface area contributed by atoms with Crippen LogP contribution in [-0.2, 0) is 4.74 Å². The second-order valence-electron chi connectivity index (χ2n) is 6.90. The van der Waals surface area contributed by atoms with Gasteiger partial charge in [0, 0.05) is 24.3 Å². The fourth-order valence-electron chi connectivity index (χ4n) is 3.32. The predicted molar refractivity (Wildman–Crippen MR) is 85.9 cm³/mol. The van der Waals surface area contributed by atoms with Crippen LogP contribution in [0.2, 0.25) is 0 Å². The van der Waals surface area contributed by atoms with E-state index >= 15 is 0 Å². The maximum absolute atomic E-state index is 6.08. The molecule has 21 heavy (non-hydrogen) atoms. The van der Waals surface area contributed by atoms with Gasteiger partial charge in [0.1, 0.15) is 0 Å². The van der Waals surface area contributed by atoms with Gasteiger partial charge >= 0.3 is 0 Å². The number of hydrogen-bond acceptors (Lipinski definition) is 4. The van der Waals surface area contributed by atoms with E-state index in [-0.39, 0.29) is 5.54 Å². The maximum atomic E-state index is 6.08. The van der Waals surface area contributed by atoms with Crippen LogP contribution in [0.5, 0.6) is 0 Å². The van der Waals surface area contributed by atoms with Crippen LogP contribution >= 0.6 is 0 Å². The smallest absolute Gasteiger partial charge is 0.0933 e. The van der Waals surface area contributed by atoms with Gasteiger partial charge in [0.15, 0.2) is 0 Å². The molecular formula is C17H27N3O. The van der Waals surface area contributed by atoms with Crippen LogP contribution in [0.3, 0.4) is 0 Å². The first-order valence-corrected chi connectivity index (χ1v) is 8.03. The summed E-state index contributed by atoms with van der Waals surface area (Å²) in [6.07, 6.45) is 4.84. The lowest BCUT2D eigenvalue weighted by Crippen LogP contribution is -2.53. The van der Waals surface area contributed by atoms with E-state index in [0.717, 1.165) is 25.4 Å². The standard InChI is InChI=1S/C17H27N3O/c1-13(2)15-6-5-14(11-18-15)20-9-10-21-16(12-20)17(7-8-17)19(3)4/h5-6,11,13,16H,7-10,12H2,1-4H3/t16-/m0/s1. The normalized spacial score (nSPS) is 24.7. The highest BCUT2D eigenvalue weighted by Crippen LogP contribution is 2.45. The Bertz CT molecular complexity index is 479. The molecule has 3 rings (SSSR count). The Hall–Kier alpha value is -1.13. The Balaban J connectivity index is 1.71. The highest BCUT2D eigenvalue weighted by Gasteiger charge is 2.53. The number of aromatic nitrogens is 1. The largest absolute Gasteiger partial charge is 0.373 e. The monoisotopic (exact) mass is 289 g/mol. The van der Waals surface area contributed by atoms with Crippen molar-refractivity contribution in [2.24, 2.45) is 0 Å². The van der Waals surface area contributed by atoms with E-state index in [0.29, 0.717) is 12.0 Å². The fraction of sp³-hybridized carbons (Fsp3) is 0.706. The number of rotatable bonds is 4. The molecule has 1 saturated heterocycles. The molecule has 1 aliphatic carbocycles. The molecule has 0 spiro atoms. The zero-order chi connectivity index (χ0) is 15.0. The van der Waals surface area contributed by atoms with Crippen molar-refractivity contribution < 1.29 is 4.74 Å². The van der Waals surface area contributed by atoms with Crippen LogP contribution in [0, 0.1) is 0 Å². The van der Waals surface area contributed by atoms with Crippen LogP contribution in [0.25, 0.3) is 0 Å². The zero-order valence-electron chi connectivity index (χ0n) is 13.7. The van der Waals surface area contributed by atoms with E-state index in [9.17, 15) is 0 Å². The quantitative estimate of drug-likeness (QED) is 0.851. The summed E-state index contributed by atoms with van der Waals surface area (Å²) in [5.41, 5.74) is 2.65. The zero-order valence-corrected chi connectivity index (χ0v) is 13.7. The average molecular weight is 289 g/mol. The summed E-state index contributed by atoms with van der Waals surface area (Å²) in [4.78, 5) is 9.37. The number of ether oxygens (including phenoxy) is 1. The molecule has 0 bridgehead atoms. The molecule has 0 radical (unpaired) electrons. The SMILES string of the molecule is CC(C)c1ccc(N2CCO[C@H](C3(N(C)C)CC3)C2)cn1. The van der Waals surface area contributed by atoms with Gasteiger partial charge in [-0.25, -0.2) is 0 Å². The lowest BCUT2D eigenvalue weighted by atomic mass is 10.1. The molecule has 1 aliphatic heterocycles. The first kappa shape index (κ1) is 14.8. The Morgan fingerprint density at radius 3 is 2.62 bits per heavy atom. The summed E-state index contributed by atoms with van der Waals surface area (Å²) in [5, 5.41) is 0. The second-order valence-corrected chi connectivity index (χ2v) is 6.90. The van der Waals surface area contributed by atoms with E-state index < -0.39 is 0 Å². The number of anilines is 1. The molecule has 4 nitrogen and oxygen atoms in total. The fourth-order valence-corrected chi connectivity index (χ4v) is 3.32. The van der Waals surface area contributed by atoms with Crippen molar-refractivity contribution in [2.45, 2.75) is 44.2 Å². The van der Waals surface area contributed by atoms with Crippen molar-refractivity contribution in [3.8, 4) is 0 Å². The molecular weight excluding hydrogens is 262 g/mol. The summed E-state index contributed by atoms with van der Waals surface area (Å²) < 4.78 is 6.08. The van der Waals surface area contributed by atoms with Gasteiger partial charge in [0.2, 0.25) is 0 Å². The molecule has 2 aliphatic rings. The van der Waals surface area contributed by atoms with Gasteiger partial charge in [-0.1, -0.05) is 13.8 Å². The topological polar surface area (TPSA) is 28.6 Å². The Morgan fingerprint density at radius 1 is 1.33 bits per heavy atom. The molecule has 1 saturated carbocycles. The van der Waals surface area contributed by atoms with Crippen molar-refractivity contribution in [3.05, 3.63) is 24.0 Å². The minimum absolute atomic E-state index is 0.268. The van der Waals surface area contributed by atoms with E-state index in [1.54, 1.807) is 0 Å². The van der Waals surface area contributed by atoms with Crippen LogP contribution in [-0.4, -0.2) is 55.3 Å².